The van der Waals surface area contributed by atoms with Crippen molar-refractivity contribution in [2.45, 2.75) is 6.92 Å². The van der Waals surface area contributed by atoms with E-state index in [-0.39, 0.29) is 5.69 Å². The van der Waals surface area contributed by atoms with Gasteiger partial charge in [0.2, 0.25) is 0 Å². The van der Waals surface area contributed by atoms with Gasteiger partial charge in [-0.25, -0.2) is 9.89 Å². The predicted molar refractivity (Wildman–Crippen MR) is 72.5 cm³/mol. The molecule has 0 atom stereocenters. The van der Waals surface area contributed by atoms with Crippen molar-refractivity contribution in [2.75, 3.05) is 7.11 Å². The molecule has 1 N–H and O–H groups in total. The van der Waals surface area contributed by atoms with Crippen LogP contribution >= 0.6 is 0 Å². The van der Waals surface area contributed by atoms with Crippen molar-refractivity contribution >= 4 is 5.52 Å². The molecule has 0 saturated carbocycles. The Balaban J connectivity index is 2.33. The fraction of sp³-hybridized carbons (Fsp3) is 0.143. The highest BCUT2D eigenvalue weighted by atomic mass is 16.5. The molecule has 0 aliphatic rings. The molecular weight excluding hydrogens is 242 g/mol. The number of H-pyrrole nitrogens is 1. The van der Waals surface area contributed by atoms with E-state index in [1.54, 1.807) is 13.3 Å². The molecule has 0 amide bonds. The van der Waals surface area contributed by atoms with E-state index >= 15 is 0 Å². The van der Waals surface area contributed by atoms with E-state index in [0.29, 0.717) is 5.69 Å². The molecule has 0 radical (unpaired) electrons. The standard InChI is InChI=1S/C14H13N3O2/c1-9-5-6-10(12(8-9)19-2)13-11-4-3-7-17(11)14(18)16-15-13/h3-8H,1-2H3,(H,16,18). The number of rotatable bonds is 2. The molecule has 0 aliphatic heterocycles. The normalized spacial score (nSPS) is 10.8. The molecule has 96 valence electrons. The van der Waals surface area contributed by atoms with Crippen molar-refractivity contribution < 1.29 is 4.74 Å². The van der Waals surface area contributed by atoms with Crippen LogP contribution in [0.1, 0.15) is 5.56 Å². The molecule has 0 saturated heterocycles. The fourth-order valence-electron chi connectivity index (χ4n) is 2.16. The van der Waals surface area contributed by atoms with Gasteiger partial charge in [-0.15, -0.1) is 0 Å². The summed E-state index contributed by atoms with van der Waals surface area (Å²) < 4.78 is 6.92. The van der Waals surface area contributed by atoms with Crippen LogP contribution in [-0.4, -0.2) is 21.7 Å². The SMILES string of the molecule is COc1cc(C)ccc1-c1n[nH]c(=O)n2cccc12. The molecular formula is C14H13N3O2. The first kappa shape index (κ1) is 11.5. The summed E-state index contributed by atoms with van der Waals surface area (Å²) in [6, 6.07) is 9.56. The molecule has 3 rings (SSSR count). The molecule has 0 fully saturated rings. The number of ether oxygens (including phenoxy) is 1. The van der Waals surface area contributed by atoms with Crippen LogP contribution in [0.4, 0.5) is 0 Å². The lowest BCUT2D eigenvalue weighted by molar-refractivity contribution is 0.416. The number of nitrogens with zero attached hydrogens (tertiary/aromatic N) is 2. The Hall–Kier alpha value is -2.56. The van der Waals surface area contributed by atoms with Gasteiger partial charge in [-0.1, -0.05) is 6.07 Å². The molecule has 2 aromatic heterocycles. The van der Waals surface area contributed by atoms with Crippen molar-refractivity contribution in [1.82, 2.24) is 14.6 Å². The number of hydrogen-bond acceptors (Lipinski definition) is 3. The zero-order valence-electron chi connectivity index (χ0n) is 10.7. The summed E-state index contributed by atoms with van der Waals surface area (Å²) >= 11 is 0. The molecule has 5 nitrogen and oxygen atoms in total. The Bertz CT molecular complexity index is 802. The molecule has 5 heteroatoms. The minimum absolute atomic E-state index is 0.255. The Morgan fingerprint density at radius 1 is 1.32 bits per heavy atom. The van der Waals surface area contributed by atoms with Gasteiger partial charge < -0.3 is 4.74 Å². The van der Waals surface area contributed by atoms with E-state index in [4.69, 9.17) is 4.74 Å². The van der Waals surface area contributed by atoms with Crippen LogP contribution in [-0.2, 0) is 0 Å². The maximum absolute atomic E-state index is 11.6. The van der Waals surface area contributed by atoms with Crippen molar-refractivity contribution in [3.05, 3.63) is 52.6 Å². The predicted octanol–water partition coefficient (Wildman–Crippen LogP) is 2.01. The second-order valence-electron chi connectivity index (χ2n) is 4.34. The quantitative estimate of drug-likeness (QED) is 0.762. The Labute approximate surface area is 109 Å². The van der Waals surface area contributed by atoms with Gasteiger partial charge in [-0.05, 0) is 36.8 Å². The lowest BCUT2D eigenvalue weighted by Crippen LogP contribution is -2.17. The third-order valence-electron chi connectivity index (χ3n) is 3.09. The average Bonchev–Trinajstić information content (AvgIpc) is 2.90. The van der Waals surface area contributed by atoms with Crippen LogP contribution in [0.2, 0.25) is 0 Å². The molecule has 0 spiro atoms. The van der Waals surface area contributed by atoms with E-state index in [9.17, 15) is 4.79 Å². The summed E-state index contributed by atoms with van der Waals surface area (Å²) in [7, 11) is 1.62. The number of nitrogens with one attached hydrogen (secondary N) is 1. The summed E-state index contributed by atoms with van der Waals surface area (Å²) in [6.45, 7) is 2.00. The average molecular weight is 255 g/mol. The Kier molecular flexibility index (Phi) is 2.59. The molecule has 0 bridgehead atoms. The first-order chi connectivity index (χ1) is 9.20. The summed E-state index contributed by atoms with van der Waals surface area (Å²) in [5, 5.41) is 6.64. The minimum atomic E-state index is -0.255. The molecule has 0 unspecified atom stereocenters. The van der Waals surface area contributed by atoms with Gasteiger partial charge in [0.25, 0.3) is 0 Å². The van der Waals surface area contributed by atoms with Gasteiger partial charge in [0.05, 0.1) is 12.6 Å². The van der Waals surface area contributed by atoms with Crippen molar-refractivity contribution in [3.8, 4) is 17.0 Å². The van der Waals surface area contributed by atoms with Crippen LogP contribution in [0.3, 0.4) is 0 Å². The van der Waals surface area contributed by atoms with Crippen LogP contribution in [0, 0.1) is 6.92 Å². The summed E-state index contributed by atoms with van der Waals surface area (Å²) in [5.74, 6) is 0.739. The zero-order chi connectivity index (χ0) is 13.4. The Morgan fingerprint density at radius 3 is 2.95 bits per heavy atom. The molecule has 3 aromatic rings. The Morgan fingerprint density at radius 2 is 2.16 bits per heavy atom. The number of aryl methyl sites for hydroxylation is 1. The monoisotopic (exact) mass is 255 g/mol. The first-order valence-corrected chi connectivity index (χ1v) is 5.91. The van der Waals surface area contributed by atoms with Crippen LogP contribution in [0.25, 0.3) is 16.8 Å². The third-order valence-corrected chi connectivity index (χ3v) is 3.09. The maximum Gasteiger partial charge on any atom is 0.346 e. The number of methoxy groups -OCH3 is 1. The van der Waals surface area contributed by atoms with Crippen molar-refractivity contribution in [3.63, 3.8) is 0 Å². The van der Waals surface area contributed by atoms with Crippen LogP contribution in [0.15, 0.2) is 41.3 Å². The van der Waals surface area contributed by atoms with Gasteiger partial charge >= 0.3 is 5.69 Å². The summed E-state index contributed by atoms with van der Waals surface area (Å²) in [5.41, 5.74) is 3.16. The number of aromatic amines is 1. The van der Waals surface area contributed by atoms with Gasteiger partial charge in [-0.2, -0.15) is 5.10 Å². The van der Waals surface area contributed by atoms with E-state index < -0.39 is 0 Å². The molecule has 19 heavy (non-hydrogen) atoms. The fourth-order valence-corrected chi connectivity index (χ4v) is 2.16. The lowest BCUT2D eigenvalue weighted by Gasteiger charge is -2.09. The highest BCUT2D eigenvalue weighted by Gasteiger charge is 2.12. The maximum atomic E-state index is 11.6. The lowest BCUT2D eigenvalue weighted by atomic mass is 10.1. The molecule has 0 aliphatic carbocycles. The van der Waals surface area contributed by atoms with Gasteiger partial charge in [0, 0.05) is 11.8 Å². The van der Waals surface area contributed by atoms with E-state index in [0.717, 1.165) is 22.4 Å². The summed E-state index contributed by atoms with van der Waals surface area (Å²) in [6.07, 6.45) is 1.71. The number of aromatic nitrogens is 3. The third kappa shape index (κ3) is 1.79. The molecule has 2 heterocycles. The van der Waals surface area contributed by atoms with Gasteiger partial charge in [0.1, 0.15) is 11.4 Å². The highest BCUT2D eigenvalue weighted by molar-refractivity contribution is 5.80. The number of benzene rings is 1. The number of fused-ring (bicyclic) bond motifs is 1. The minimum Gasteiger partial charge on any atom is -0.496 e. The smallest absolute Gasteiger partial charge is 0.346 e. The number of hydrogen-bond donors (Lipinski definition) is 1. The largest absolute Gasteiger partial charge is 0.496 e. The second kappa shape index (κ2) is 4.28. The molecule has 1 aromatic carbocycles. The van der Waals surface area contributed by atoms with Crippen LogP contribution < -0.4 is 10.4 Å². The van der Waals surface area contributed by atoms with Crippen molar-refractivity contribution in [1.29, 1.82) is 0 Å². The van der Waals surface area contributed by atoms with Gasteiger partial charge in [0.15, 0.2) is 0 Å². The van der Waals surface area contributed by atoms with Gasteiger partial charge in [-0.3, -0.25) is 4.40 Å². The van der Waals surface area contributed by atoms with E-state index in [2.05, 4.69) is 10.2 Å². The second-order valence-corrected chi connectivity index (χ2v) is 4.34. The topological polar surface area (TPSA) is 59.4 Å². The first-order valence-electron chi connectivity index (χ1n) is 5.91. The van der Waals surface area contributed by atoms with Crippen molar-refractivity contribution in [2.24, 2.45) is 0 Å². The van der Waals surface area contributed by atoms with E-state index in [1.165, 1.54) is 4.40 Å². The summed E-state index contributed by atoms with van der Waals surface area (Å²) in [4.78, 5) is 11.6. The zero-order valence-corrected chi connectivity index (χ0v) is 10.7. The van der Waals surface area contributed by atoms with E-state index in [1.807, 2.05) is 37.3 Å². The highest BCUT2D eigenvalue weighted by Crippen LogP contribution is 2.31. The van der Waals surface area contributed by atoms with Crippen LogP contribution in [0.5, 0.6) is 5.75 Å².